The second-order valence-electron chi connectivity index (χ2n) is 4.26. The first-order valence-corrected chi connectivity index (χ1v) is 6.81. The Hall–Kier alpha value is -1.50. The van der Waals surface area contributed by atoms with E-state index in [4.69, 9.17) is 17.3 Å². The number of nitrogens with zero attached hydrogens (tertiary/aromatic N) is 2. The Morgan fingerprint density at radius 2 is 2.32 bits per heavy atom. The SMILES string of the molecule is Cn1ccnc1Sc1cc2c(cc1Cl)C(N)C(=O)N2. The molecule has 7 heteroatoms. The van der Waals surface area contributed by atoms with Crippen molar-refractivity contribution >= 4 is 35.0 Å². The van der Waals surface area contributed by atoms with Gasteiger partial charge in [-0.25, -0.2) is 4.98 Å². The molecule has 19 heavy (non-hydrogen) atoms. The van der Waals surface area contributed by atoms with E-state index in [0.29, 0.717) is 5.02 Å². The molecule has 2 heterocycles. The highest BCUT2D eigenvalue weighted by Gasteiger charge is 2.28. The van der Waals surface area contributed by atoms with Crippen LogP contribution in [0.4, 0.5) is 5.69 Å². The number of amides is 1. The monoisotopic (exact) mass is 294 g/mol. The summed E-state index contributed by atoms with van der Waals surface area (Å²) < 4.78 is 1.90. The first kappa shape index (κ1) is 12.5. The molecule has 1 amide bonds. The summed E-state index contributed by atoms with van der Waals surface area (Å²) >= 11 is 7.68. The summed E-state index contributed by atoms with van der Waals surface area (Å²) in [5, 5.41) is 4.14. The topological polar surface area (TPSA) is 72.9 Å². The van der Waals surface area contributed by atoms with Crippen molar-refractivity contribution in [2.75, 3.05) is 5.32 Å². The Morgan fingerprint density at radius 1 is 1.53 bits per heavy atom. The third-order valence-corrected chi connectivity index (χ3v) is 4.52. The summed E-state index contributed by atoms with van der Waals surface area (Å²) in [5.41, 5.74) is 7.23. The van der Waals surface area contributed by atoms with Crippen molar-refractivity contribution in [3.05, 3.63) is 35.1 Å². The van der Waals surface area contributed by atoms with Gasteiger partial charge in [0.15, 0.2) is 5.16 Å². The van der Waals surface area contributed by atoms with Gasteiger partial charge in [-0.3, -0.25) is 4.79 Å². The quantitative estimate of drug-likeness (QED) is 0.890. The average molecular weight is 295 g/mol. The number of nitrogens with two attached hydrogens (primary N) is 1. The lowest BCUT2D eigenvalue weighted by atomic mass is 10.1. The number of hydrogen-bond donors (Lipinski definition) is 2. The van der Waals surface area contributed by atoms with E-state index >= 15 is 0 Å². The molecule has 1 unspecified atom stereocenters. The fourth-order valence-electron chi connectivity index (χ4n) is 1.91. The molecule has 1 atom stereocenters. The Labute approximate surface area is 119 Å². The molecular formula is C12H11ClN4OS. The van der Waals surface area contributed by atoms with Crippen LogP contribution >= 0.6 is 23.4 Å². The van der Waals surface area contributed by atoms with Gasteiger partial charge in [-0.05, 0) is 12.1 Å². The molecule has 1 aromatic carbocycles. The summed E-state index contributed by atoms with van der Waals surface area (Å²) in [7, 11) is 1.91. The molecule has 1 aliphatic rings. The van der Waals surface area contributed by atoms with Gasteiger partial charge in [0.25, 0.3) is 0 Å². The van der Waals surface area contributed by atoms with Gasteiger partial charge >= 0.3 is 0 Å². The van der Waals surface area contributed by atoms with Gasteiger partial charge in [-0.2, -0.15) is 0 Å². The van der Waals surface area contributed by atoms with Crippen LogP contribution in [0.5, 0.6) is 0 Å². The zero-order valence-electron chi connectivity index (χ0n) is 10.1. The van der Waals surface area contributed by atoms with E-state index in [9.17, 15) is 4.79 Å². The van der Waals surface area contributed by atoms with E-state index in [-0.39, 0.29) is 5.91 Å². The van der Waals surface area contributed by atoms with E-state index in [1.165, 1.54) is 11.8 Å². The van der Waals surface area contributed by atoms with Crippen molar-refractivity contribution < 1.29 is 4.79 Å². The number of aryl methyl sites for hydroxylation is 1. The number of rotatable bonds is 2. The van der Waals surface area contributed by atoms with Gasteiger partial charge in [0.05, 0.1) is 5.02 Å². The first-order chi connectivity index (χ1) is 9.06. The smallest absolute Gasteiger partial charge is 0.245 e. The summed E-state index contributed by atoms with van der Waals surface area (Å²) in [4.78, 5) is 16.6. The van der Waals surface area contributed by atoms with Crippen LogP contribution in [-0.4, -0.2) is 15.5 Å². The van der Waals surface area contributed by atoms with Crippen LogP contribution in [0.1, 0.15) is 11.6 Å². The molecule has 5 nitrogen and oxygen atoms in total. The van der Waals surface area contributed by atoms with Gasteiger partial charge in [0.1, 0.15) is 6.04 Å². The molecule has 0 fully saturated rings. The Balaban J connectivity index is 1.99. The third-order valence-electron chi connectivity index (χ3n) is 2.96. The van der Waals surface area contributed by atoms with Crippen molar-refractivity contribution in [2.24, 2.45) is 12.8 Å². The Morgan fingerprint density at radius 3 is 3.00 bits per heavy atom. The van der Waals surface area contributed by atoms with Crippen molar-refractivity contribution in [3.63, 3.8) is 0 Å². The average Bonchev–Trinajstić information content (AvgIpc) is 2.88. The van der Waals surface area contributed by atoms with Crippen molar-refractivity contribution in [2.45, 2.75) is 16.1 Å². The molecule has 98 valence electrons. The second-order valence-corrected chi connectivity index (χ2v) is 5.68. The molecule has 0 bridgehead atoms. The van der Waals surface area contributed by atoms with Gasteiger partial charge < -0.3 is 15.6 Å². The van der Waals surface area contributed by atoms with E-state index in [1.807, 2.05) is 23.9 Å². The van der Waals surface area contributed by atoms with E-state index in [1.54, 1.807) is 12.3 Å². The van der Waals surface area contributed by atoms with Crippen LogP contribution in [-0.2, 0) is 11.8 Å². The van der Waals surface area contributed by atoms with Gasteiger partial charge in [-0.15, -0.1) is 0 Å². The summed E-state index contributed by atoms with van der Waals surface area (Å²) in [6.07, 6.45) is 3.59. The van der Waals surface area contributed by atoms with E-state index in [0.717, 1.165) is 21.3 Å². The normalized spacial score (nSPS) is 17.4. The predicted octanol–water partition coefficient (Wildman–Crippen LogP) is 2.18. The number of halogens is 1. The van der Waals surface area contributed by atoms with Crippen molar-refractivity contribution in [1.82, 2.24) is 9.55 Å². The number of fused-ring (bicyclic) bond motifs is 1. The maximum atomic E-state index is 11.5. The molecule has 3 rings (SSSR count). The fourth-order valence-corrected chi connectivity index (χ4v) is 3.05. The minimum absolute atomic E-state index is 0.204. The highest BCUT2D eigenvalue weighted by molar-refractivity contribution is 7.99. The molecule has 2 aromatic rings. The maximum absolute atomic E-state index is 11.5. The first-order valence-electron chi connectivity index (χ1n) is 5.61. The lowest BCUT2D eigenvalue weighted by molar-refractivity contribution is -0.116. The summed E-state index contributed by atoms with van der Waals surface area (Å²) in [5.74, 6) is -0.204. The maximum Gasteiger partial charge on any atom is 0.245 e. The molecule has 0 aliphatic carbocycles. The molecule has 0 radical (unpaired) electrons. The number of nitrogens with one attached hydrogen (secondary N) is 1. The number of carbonyl (C=O) groups is 1. The number of hydrogen-bond acceptors (Lipinski definition) is 4. The number of imidazole rings is 1. The highest BCUT2D eigenvalue weighted by atomic mass is 35.5. The van der Waals surface area contributed by atoms with Crippen LogP contribution in [0, 0.1) is 0 Å². The molecular weight excluding hydrogens is 284 g/mol. The number of carbonyl (C=O) groups excluding carboxylic acids is 1. The fraction of sp³-hybridized carbons (Fsp3) is 0.167. The van der Waals surface area contributed by atoms with Gasteiger partial charge in [-0.1, -0.05) is 23.4 Å². The minimum Gasteiger partial charge on any atom is -0.329 e. The van der Waals surface area contributed by atoms with Crippen LogP contribution in [0.3, 0.4) is 0 Å². The second kappa shape index (κ2) is 4.56. The highest BCUT2D eigenvalue weighted by Crippen LogP contribution is 2.39. The predicted molar refractivity (Wildman–Crippen MR) is 74.3 cm³/mol. The van der Waals surface area contributed by atoms with Gasteiger partial charge in [0.2, 0.25) is 5.91 Å². The number of aromatic nitrogens is 2. The lowest BCUT2D eigenvalue weighted by Gasteiger charge is -2.08. The lowest BCUT2D eigenvalue weighted by Crippen LogP contribution is -2.19. The summed E-state index contributed by atoms with van der Waals surface area (Å²) in [6, 6.07) is 2.94. The van der Waals surface area contributed by atoms with Crippen molar-refractivity contribution in [1.29, 1.82) is 0 Å². The van der Waals surface area contributed by atoms with Crippen LogP contribution in [0.15, 0.2) is 34.6 Å². The zero-order valence-corrected chi connectivity index (χ0v) is 11.6. The van der Waals surface area contributed by atoms with Crippen LogP contribution in [0.2, 0.25) is 5.02 Å². The van der Waals surface area contributed by atoms with Crippen molar-refractivity contribution in [3.8, 4) is 0 Å². The number of benzene rings is 1. The standard InChI is InChI=1S/C12H11ClN4OS/c1-17-3-2-15-12(17)19-9-5-8-6(4-7(9)13)10(14)11(18)16-8/h2-5,10H,14H2,1H3,(H,16,18). The third kappa shape index (κ3) is 2.11. The molecule has 0 saturated carbocycles. The van der Waals surface area contributed by atoms with Crippen LogP contribution in [0.25, 0.3) is 0 Å². The Kier molecular flexibility index (Phi) is 3.00. The number of anilines is 1. The molecule has 3 N–H and O–H groups in total. The molecule has 0 spiro atoms. The van der Waals surface area contributed by atoms with E-state index < -0.39 is 6.04 Å². The zero-order chi connectivity index (χ0) is 13.6. The molecule has 1 aliphatic heterocycles. The minimum atomic E-state index is -0.639. The largest absolute Gasteiger partial charge is 0.329 e. The van der Waals surface area contributed by atoms with E-state index in [2.05, 4.69) is 10.3 Å². The Bertz CT molecular complexity index is 670. The van der Waals surface area contributed by atoms with Gasteiger partial charge in [0, 0.05) is 35.6 Å². The summed E-state index contributed by atoms with van der Waals surface area (Å²) in [6.45, 7) is 0. The molecule has 1 aromatic heterocycles. The molecule has 0 saturated heterocycles. The van der Waals surface area contributed by atoms with Crippen LogP contribution < -0.4 is 11.1 Å².